The van der Waals surface area contributed by atoms with E-state index in [-0.39, 0.29) is 10.0 Å². The average Bonchev–Trinajstić information content (AvgIpc) is 2.62. The minimum Gasteiger partial charge on any atom is -0.462 e. The summed E-state index contributed by atoms with van der Waals surface area (Å²) in [6.07, 6.45) is 1.26. The zero-order valence-electron chi connectivity index (χ0n) is 14.8. The predicted molar refractivity (Wildman–Crippen MR) is 109 cm³/mol. The van der Waals surface area contributed by atoms with Crippen LogP contribution in [0.15, 0.2) is 58.4 Å². The highest BCUT2D eigenvalue weighted by Crippen LogP contribution is 2.11. The lowest BCUT2D eigenvalue weighted by Gasteiger charge is -2.06. The number of aliphatic imine (C=N–C) groups is 1. The van der Waals surface area contributed by atoms with Crippen LogP contribution in [0.3, 0.4) is 0 Å². The van der Waals surface area contributed by atoms with Crippen LogP contribution in [-0.4, -0.2) is 32.4 Å². The molecule has 9 heteroatoms. The minimum atomic E-state index is -3.78. The average molecular weight is 406 g/mol. The highest BCUT2D eigenvalue weighted by molar-refractivity contribution is 7.91. The molecule has 0 aliphatic carbocycles. The maximum atomic E-state index is 12.2. The Hall–Kier alpha value is -2.78. The van der Waals surface area contributed by atoms with Crippen LogP contribution in [-0.2, 0) is 14.8 Å². The van der Waals surface area contributed by atoms with Crippen LogP contribution >= 0.6 is 12.2 Å². The van der Waals surface area contributed by atoms with Crippen molar-refractivity contribution < 1.29 is 17.9 Å². The van der Waals surface area contributed by atoms with Gasteiger partial charge in [-0.3, -0.25) is 4.72 Å². The van der Waals surface area contributed by atoms with E-state index in [0.29, 0.717) is 17.9 Å². The molecular weight excluding hydrogens is 386 g/mol. The quantitative estimate of drug-likeness (QED) is 0.332. The lowest BCUT2D eigenvalue weighted by Crippen LogP contribution is -2.28. The second-order valence-electron chi connectivity index (χ2n) is 5.42. The molecule has 2 aromatic rings. The van der Waals surface area contributed by atoms with Crippen molar-refractivity contribution in [2.75, 3.05) is 11.9 Å². The Morgan fingerprint density at radius 1 is 1.15 bits per heavy atom. The van der Waals surface area contributed by atoms with Crippen molar-refractivity contribution in [3.63, 3.8) is 0 Å². The first-order chi connectivity index (χ1) is 12.8. The van der Waals surface area contributed by atoms with Crippen molar-refractivity contribution in [1.29, 1.82) is 0 Å². The van der Waals surface area contributed by atoms with Gasteiger partial charge in [0.15, 0.2) is 0 Å². The van der Waals surface area contributed by atoms with Gasteiger partial charge in [0.2, 0.25) is 5.11 Å². The van der Waals surface area contributed by atoms with Gasteiger partial charge >= 0.3 is 5.97 Å². The molecule has 0 unspecified atom stereocenters. The van der Waals surface area contributed by atoms with E-state index in [4.69, 9.17) is 17.0 Å². The number of sulfonamides is 1. The Labute approximate surface area is 163 Å². The van der Waals surface area contributed by atoms with Gasteiger partial charge in [-0.2, -0.15) is 0 Å². The van der Waals surface area contributed by atoms with E-state index in [2.05, 4.69) is 15.0 Å². The maximum absolute atomic E-state index is 12.2. The van der Waals surface area contributed by atoms with Crippen LogP contribution < -0.4 is 10.0 Å². The zero-order chi connectivity index (χ0) is 19.9. The Balaban J connectivity index is 1.93. The SMILES string of the molecule is CCOC(=O)c1ccc(N/C=N\C(=S)NS(=O)(=O)c2ccc(C)cc2)cc1. The van der Waals surface area contributed by atoms with Crippen LogP contribution in [0.25, 0.3) is 0 Å². The summed E-state index contributed by atoms with van der Waals surface area (Å²) in [6.45, 7) is 3.91. The van der Waals surface area contributed by atoms with Crippen molar-refractivity contribution in [2.24, 2.45) is 4.99 Å². The second-order valence-corrected chi connectivity index (χ2v) is 7.49. The first-order valence-electron chi connectivity index (χ1n) is 8.01. The van der Waals surface area contributed by atoms with Crippen molar-refractivity contribution in [3.8, 4) is 0 Å². The first-order valence-corrected chi connectivity index (χ1v) is 9.90. The van der Waals surface area contributed by atoms with Gasteiger partial charge in [-0.05, 0) is 62.5 Å². The number of thiocarbonyl (C=S) groups is 1. The summed E-state index contributed by atoms with van der Waals surface area (Å²) in [7, 11) is -3.78. The van der Waals surface area contributed by atoms with E-state index >= 15 is 0 Å². The number of hydrogen-bond donors (Lipinski definition) is 2. The van der Waals surface area contributed by atoms with Crippen LogP contribution in [0.4, 0.5) is 5.69 Å². The molecule has 0 saturated heterocycles. The van der Waals surface area contributed by atoms with E-state index in [1.54, 1.807) is 43.3 Å². The Morgan fingerprint density at radius 3 is 2.37 bits per heavy atom. The number of nitrogens with one attached hydrogen (secondary N) is 2. The summed E-state index contributed by atoms with van der Waals surface area (Å²) in [6, 6.07) is 12.9. The molecule has 0 saturated carbocycles. The third-order valence-corrected chi connectivity index (χ3v) is 5.05. The molecule has 0 radical (unpaired) electrons. The minimum absolute atomic E-state index is 0.105. The molecule has 2 aromatic carbocycles. The van der Waals surface area contributed by atoms with Gasteiger partial charge in [0.1, 0.15) is 0 Å². The van der Waals surface area contributed by atoms with E-state index in [1.807, 2.05) is 6.92 Å². The molecule has 0 atom stereocenters. The smallest absolute Gasteiger partial charge is 0.338 e. The van der Waals surface area contributed by atoms with Crippen molar-refractivity contribution in [1.82, 2.24) is 4.72 Å². The largest absolute Gasteiger partial charge is 0.462 e. The number of esters is 1. The third-order valence-electron chi connectivity index (χ3n) is 3.36. The standard InChI is InChI=1S/C18H19N3O4S2/c1-3-25-17(22)14-6-8-15(9-7-14)19-12-20-18(26)21-27(23,24)16-10-4-13(2)5-11-16/h4-12H,3H2,1-2H3,(H2,19,20,21,26). The summed E-state index contributed by atoms with van der Waals surface area (Å²) in [5.41, 5.74) is 2.03. The molecule has 2 rings (SSSR count). The van der Waals surface area contributed by atoms with Crippen molar-refractivity contribution in [2.45, 2.75) is 18.7 Å². The molecular formula is C18H19N3O4S2. The lowest BCUT2D eigenvalue weighted by atomic mass is 10.2. The number of carbonyl (C=O) groups is 1. The normalized spacial score (nSPS) is 11.2. The Kier molecular flexibility index (Phi) is 7.03. The number of benzene rings is 2. The molecule has 0 spiro atoms. The van der Waals surface area contributed by atoms with E-state index in [1.165, 1.54) is 18.5 Å². The van der Waals surface area contributed by atoms with Crippen molar-refractivity contribution in [3.05, 3.63) is 59.7 Å². The first kappa shape index (κ1) is 20.5. The molecule has 0 aromatic heterocycles. The van der Waals surface area contributed by atoms with E-state index in [0.717, 1.165) is 5.56 Å². The van der Waals surface area contributed by atoms with Gasteiger partial charge < -0.3 is 10.1 Å². The second kappa shape index (κ2) is 9.24. The lowest BCUT2D eigenvalue weighted by molar-refractivity contribution is 0.0526. The fourth-order valence-electron chi connectivity index (χ4n) is 2.00. The Morgan fingerprint density at radius 2 is 1.78 bits per heavy atom. The predicted octanol–water partition coefficient (Wildman–Crippen LogP) is 2.88. The number of ether oxygens (including phenoxy) is 1. The van der Waals surface area contributed by atoms with Gasteiger partial charge in [-0.15, -0.1) is 0 Å². The third kappa shape index (κ3) is 6.15. The van der Waals surface area contributed by atoms with E-state index < -0.39 is 16.0 Å². The maximum Gasteiger partial charge on any atom is 0.338 e. The van der Waals surface area contributed by atoms with Crippen LogP contribution in [0, 0.1) is 6.92 Å². The highest BCUT2D eigenvalue weighted by Gasteiger charge is 2.14. The van der Waals surface area contributed by atoms with Gasteiger partial charge in [-0.25, -0.2) is 18.2 Å². The zero-order valence-corrected chi connectivity index (χ0v) is 16.4. The summed E-state index contributed by atoms with van der Waals surface area (Å²) < 4.78 is 31.5. The molecule has 0 aliphatic heterocycles. The number of hydrogen-bond acceptors (Lipinski definition) is 5. The van der Waals surface area contributed by atoms with Gasteiger partial charge in [0.25, 0.3) is 10.0 Å². The van der Waals surface area contributed by atoms with Crippen LogP contribution in [0.1, 0.15) is 22.8 Å². The number of anilines is 1. The van der Waals surface area contributed by atoms with Gasteiger partial charge in [-0.1, -0.05) is 17.7 Å². The molecule has 2 N–H and O–H groups in total. The van der Waals surface area contributed by atoms with Crippen molar-refractivity contribution >= 4 is 45.3 Å². The van der Waals surface area contributed by atoms with Gasteiger partial charge in [0, 0.05) is 5.69 Å². The highest BCUT2D eigenvalue weighted by atomic mass is 32.2. The summed E-state index contributed by atoms with van der Waals surface area (Å²) in [4.78, 5) is 15.5. The fourth-order valence-corrected chi connectivity index (χ4v) is 3.28. The van der Waals surface area contributed by atoms with Gasteiger partial charge in [0.05, 0.1) is 23.4 Å². The van der Waals surface area contributed by atoms with E-state index in [9.17, 15) is 13.2 Å². The molecule has 0 heterocycles. The molecule has 27 heavy (non-hydrogen) atoms. The number of carbonyl (C=O) groups excluding carboxylic acids is 1. The molecule has 7 nitrogen and oxygen atoms in total. The van der Waals surface area contributed by atoms with Crippen LogP contribution in [0.2, 0.25) is 0 Å². The summed E-state index contributed by atoms with van der Waals surface area (Å²) >= 11 is 4.94. The molecule has 0 aliphatic rings. The molecule has 0 amide bonds. The molecule has 142 valence electrons. The molecule has 0 fully saturated rings. The summed E-state index contributed by atoms with van der Waals surface area (Å²) in [5, 5.41) is 2.64. The number of nitrogens with zero attached hydrogens (tertiary/aromatic N) is 1. The topological polar surface area (TPSA) is 96.9 Å². The monoisotopic (exact) mass is 405 g/mol. The molecule has 0 bridgehead atoms. The number of aryl methyl sites for hydroxylation is 1. The van der Waals surface area contributed by atoms with Crippen LogP contribution in [0.5, 0.6) is 0 Å². The fraction of sp³-hybridized carbons (Fsp3) is 0.167. The summed E-state index contributed by atoms with van der Waals surface area (Å²) in [5.74, 6) is -0.399. The number of rotatable bonds is 6. The Bertz CT molecular complexity index is 938.